The Morgan fingerprint density at radius 3 is 1.88 bits per heavy atom. The summed E-state index contributed by atoms with van der Waals surface area (Å²) in [7, 11) is 2.79. The van der Waals surface area contributed by atoms with Crippen LogP contribution in [0.3, 0.4) is 0 Å². The van der Waals surface area contributed by atoms with Gasteiger partial charge >= 0.3 is 11.7 Å². The maximum Gasteiger partial charge on any atom is 0.368 e. The summed E-state index contributed by atoms with van der Waals surface area (Å²) in [5.41, 5.74) is 5.86. The number of aliphatic hydroxyl groups is 1. The Morgan fingerprint density at radius 1 is 0.929 bits per heavy atom. The number of aromatic nitrogens is 2. The summed E-state index contributed by atoms with van der Waals surface area (Å²) in [4.78, 5) is 30.3. The molecule has 0 spiro atoms. The third-order valence-electron chi connectivity index (χ3n) is 7.70. The van der Waals surface area contributed by atoms with Gasteiger partial charge in [0.2, 0.25) is 0 Å². The van der Waals surface area contributed by atoms with Crippen LogP contribution < -0.4 is 11.4 Å². The number of carbonyl (C=O) groups is 1. The molecule has 0 saturated carbocycles. The Hall–Kier alpha value is -4.35. The summed E-state index contributed by atoms with van der Waals surface area (Å²) in [6.07, 6.45) is -1.21. The molecule has 1 saturated heterocycles. The number of benzene rings is 3. The lowest BCUT2D eigenvalue weighted by molar-refractivity contribution is -0.249. The lowest BCUT2D eigenvalue weighted by Gasteiger charge is -2.47. The van der Waals surface area contributed by atoms with Crippen molar-refractivity contribution in [3.8, 4) is 0 Å². The van der Waals surface area contributed by atoms with Crippen molar-refractivity contribution in [3.05, 3.63) is 130 Å². The fourth-order valence-electron chi connectivity index (χ4n) is 5.78. The van der Waals surface area contributed by atoms with Crippen LogP contribution in [0.25, 0.3) is 0 Å². The molecule has 0 bridgehead atoms. The second-order valence-electron chi connectivity index (χ2n) is 9.95. The summed E-state index contributed by atoms with van der Waals surface area (Å²) in [5, 5.41) is 10.8. The van der Waals surface area contributed by atoms with E-state index in [0.717, 1.165) is 16.7 Å². The number of ether oxygens (including phenoxy) is 4. The molecule has 2 heterocycles. The number of rotatable bonds is 10. The quantitative estimate of drug-likeness (QED) is 0.167. The van der Waals surface area contributed by atoms with Crippen LogP contribution in [0.5, 0.6) is 0 Å². The summed E-state index contributed by atoms with van der Waals surface area (Å²) >= 11 is 0. The molecule has 1 aliphatic rings. The molecule has 1 unspecified atom stereocenters. The molecule has 3 atom stereocenters. The van der Waals surface area contributed by atoms with Crippen molar-refractivity contribution in [1.29, 1.82) is 0 Å². The number of esters is 1. The van der Waals surface area contributed by atoms with Gasteiger partial charge in [0.15, 0.2) is 0 Å². The molecule has 10 heteroatoms. The van der Waals surface area contributed by atoms with Crippen LogP contribution in [-0.4, -0.2) is 59.4 Å². The molecule has 10 nitrogen and oxygen atoms in total. The van der Waals surface area contributed by atoms with E-state index in [4.69, 9.17) is 24.7 Å². The maximum atomic E-state index is 14.3. The van der Waals surface area contributed by atoms with E-state index in [1.54, 1.807) is 0 Å². The molecule has 5 rings (SSSR count). The third-order valence-corrected chi connectivity index (χ3v) is 7.70. The fraction of sp³-hybridized carbons (Fsp3) is 0.281. The molecule has 42 heavy (non-hydrogen) atoms. The van der Waals surface area contributed by atoms with Gasteiger partial charge in [-0.1, -0.05) is 91.0 Å². The van der Waals surface area contributed by atoms with Gasteiger partial charge in [0.05, 0.1) is 6.10 Å². The van der Waals surface area contributed by atoms with Crippen molar-refractivity contribution in [3.63, 3.8) is 0 Å². The van der Waals surface area contributed by atoms with Crippen molar-refractivity contribution < 1.29 is 28.8 Å². The first kappa shape index (κ1) is 29.2. The number of hydrogen-bond donors (Lipinski definition) is 2. The molecule has 1 aromatic heterocycles. The van der Waals surface area contributed by atoms with Crippen molar-refractivity contribution in [2.75, 3.05) is 26.6 Å². The first-order valence-electron chi connectivity index (χ1n) is 13.5. The van der Waals surface area contributed by atoms with Crippen molar-refractivity contribution in [1.82, 2.24) is 9.55 Å². The second kappa shape index (κ2) is 12.3. The normalized spacial score (nSPS) is 19.0. The van der Waals surface area contributed by atoms with Crippen LogP contribution in [0.15, 0.2) is 108 Å². The minimum atomic E-state index is -2.02. The highest BCUT2D eigenvalue weighted by atomic mass is 16.7. The fourth-order valence-corrected chi connectivity index (χ4v) is 5.78. The van der Waals surface area contributed by atoms with Gasteiger partial charge in [-0.3, -0.25) is 4.57 Å². The van der Waals surface area contributed by atoms with Crippen LogP contribution in [0.4, 0.5) is 5.82 Å². The van der Waals surface area contributed by atoms with Crippen LogP contribution in [0.1, 0.15) is 29.3 Å². The van der Waals surface area contributed by atoms with Crippen LogP contribution in [0, 0.1) is 0 Å². The lowest BCUT2D eigenvalue weighted by Crippen LogP contribution is -2.61. The highest BCUT2D eigenvalue weighted by Crippen LogP contribution is 2.50. The van der Waals surface area contributed by atoms with Gasteiger partial charge in [0, 0.05) is 26.8 Å². The zero-order chi connectivity index (χ0) is 29.7. The molecule has 218 valence electrons. The molecular weight excluding hydrogens is 538 g/mol. The Kier molecular flexibility index (Phi) is 8.51. The Bertz CT molecular complexity index is 1450. The van der Waals surface area contributed by atoms with Crippen LogP contribution in [-0.2, 0) is 29.2 Å². The number of hydrogen-bond acceptors (Lipinski definition) is 9. The Balaban J connectivity index is 1.54. The van der Waals surface area contributed by atoms with Crippen LogP contribution in [0.2, 0.25) is 0 Å². The Morgan fingerprint density at radius 2 is 1.43 bits per heavy atom. The van der Waals surface area contributed by atoms with Gasteiger partial charge in [0.25, 0.3) is 5.79 Å². The standard InChI is InChI=1S/C32H33N3O7/c1-39-32(40-2,29(37)41-21-26-25(36)20-28(42-26)35-19-18-27(33)34-30(35)38)31(22-12-6-3-7-13-22,23-14-8-4-9-15-23)24-16-10-5-11-17-24/h3-19,25-26,28,36H,20-21H2,1-2H3,(H2,33,34,38)/t25?,26-,28-/m1/s1. The lowest BCUT2D eigenvalue weighted by atomic mass is 9.63. The summed E-state index contributed by atoms with van der Waals surface area (Å²) < 4.78 is 25.2. The van der Waals surface area contributed by atoms with E-state index < -0.39 is 41.3 Å². The first-order valence-corrected chi connectivity index (χ1v) is 13.5. The smallest absolute Gasteiger partial charge is 0.368 e. The number of methoxy groups -OCH3 is 2. The summed E-state index contributed by atoms with van der Waals surface area (Å²) in [6.45, 7) is -0.323. The molecule has 1 fully saturated rings. The van der Waals surface area contributed by atoms with Crippen molar-refractivity contribution in [2.45, 2.75) is 36.1 Å². The number of carbonyl (C=O) groups excluding carboxylic acids is 1. The number of aliphatic hydroxyl groups excluding tert-OH is 1. The molecule has 3 aromatic carbocycles. The van der Waals surface area contributed by atoms with Gasteiger partial charge in [0.1, 0.15) is 30.2 Å². The molecule has 1 aliphatic heterocycles. The SMILES string of the molecule is COC(OC)(C(=O)OC[C@H]1O[C@@H](n2ccc(N)nc2=O)CC1O)C(c1ccccc1)(c1ccccc1)c1ccccc1. The van der Waals surface area contributed by atoms with Gasteiger partial charge in [-0.2, -0.15) is 4.98 Å². The molecule has 0 amide bonds. The number of anilines is 1. The van der Waals surface area contributed by atoms with E-state index in [1.165, 1.54) is 31.0 Å². The maximum absolute atomic E-state index is 14.3. The highest BCUT2D eigenvalue weighted by molar-refractivity contribution is 5.84. The minimum absolute atomic E-state index is 0.0782. The predicted molar refractivity (Wildman–Crippen MR) is 154 cm³/mol. The van der Waals surface area contributed by atoms with E-state index in [0.29, 0.717) is 0 Å². The zero-order valence-electron chi connectivity index (χ0n) is 23.3. The largest absolute Gasteiger partial charge is 0.459 e. The van der Waals surface area contributed by atoms with Gasteiger partial charge < -0.3 is 29.8 Å². The van der Waals surface area contributed by atoms with Crippen LogP contribution >= 0.6 is 0 Å². The number of nitrogens with two attached hydrogens (primary N) is 1. The molecule has 3 N–H and O–H groups in total. The summed E-state index contributed by atoms with van der Waals surface area (Å²) in [5.74, 6) is -2.76. The Labute approximate surface area is 243 Å². The summed E-state index contributed by atoms with van der Waals surface area (Å²) in [6, 6.07) is 29.9. The van der Waals surface area contributed by atoms with Gasteiger partial charge in [-0.25, -0.2) is 9.59 Å². The molecule has 0 aliphatic carbocycles. The molecule has 0 radical (unpaired) electrons. The number of nitrogen functional groups attached to an aromatic ring is 1. The third kappa shape index (κ3) is 4.99. The topological polar surface area (TPSA) is 135 Å². The van der Waals surface area contributed by atoms with Crippen molar-refractivity contribution >= 4 is 11.8 Å². The average Bonchev–Trinajstić information content (AvgIpc) is 3.39. The van der Waals surface area contributed by atoms with E-state index in [9.17, 15) is 14.7 Å². The first-order chi connectivity index (χ1) is 20.4. The van der Waals surface area contributed by atoms with E-state index >= 15 is 0 Å². The van der Waals surface area contributed by atoms with Crippen molar-refractivity contribution in [2.24, 2.45) is 0 Å². The zero-order valence-corrected chi connectivity index (χ0v) is 23.3. The average molecular weight is 572 g/mol. The van der Waals surface area contributed by atoms with E-state index in [2.05, 4.69) is 4.98 Å². The van der Waals surface area contributed by atoms with Gasteiger partial charge in [-0.15, -0.1) is 0 Å². The van der Waals surface area contributed by atoms with E-state index in [-0.39, 0.29) is 18.8 Å². The molecular formula is C32H33N3O7. The monoisotopic (exact) mass is 571 g/mol. The molecule has 4 aromatic rings. The number of nitrogens with zero attached hydrogens (tertiary/aromatic N) is 2. The highest BCUT2D eigenvalue weighted by Gasteiger charge is 2.62. The predicted octanol–water partition coefficient (Wildman–Crippen LogP) is 3.04. The van der Waals surface area contributed by atoms with E-state index in [1.807, 2.05) is 91.0 Å². The van der Waals surface area contributed by atoms with Gasteiger partial charge in [-0.05, 0) is 22.8 Å². The second-order valence-corrected chi connectivity index (χ2v) is 9.95. The minimum Gasteiger partial charge on any atom is -0.459 e.